The molecule has 5 nitrogen and oxygen atoms in total. The van der Waals surface area contributed by atoms with Gasteiger partial charge >= 0.3 is 0 Å². The average Bonchev–Trinajstić information content (AvgIpc) is 3.82. The van der Waals surface area contributed by atoms with Crippen LogP contribution in [-0.2, 0) is 0 Å². The number of hydrogen-bond acceptors (Lipinski definition) is 4. The van der Waals surface area contributed by atoms with Crippen LogP contribution in [0.15, 0.2) is 180 Å². The predicted molar refractivity (Wildman–Crippen MR) is 230 cm³/mol. The van der Waals surface area contributed by atoms with Crippen molar-refractivity contribution < 1.29 is 4.42 Å². The van der Waals surface area contributed by atoms with Crippen molar-refractivity contribution in [3.63, 3.8) is 0 Å². The van der Waals surface area contributed by atoms with Gasteiger partial charge in [-0.1, -0.05) is 140 Å². The van der Waals surface area contributed by atoms with Crippen molar-refractivity contribution in [2.45, 2.75) is 12.3 Å². The van der Waals surface area contributed by atoms with Crippen LogP contribution in [0.3, 0.4) is 0 Å². The first-order chi connectivity index (χ1) is 27.8. The third-order valence-electron chi connectivity index (χ3n) is 11.5. The first-order valence-corrected chi connectivity index (χ1v) is 19.1. The summed E-state index contributed by atoms with van der Waals surface area (Å²) in [7, 11) is 0. The van der Waals surface area contributed by atoms with Gasteiger partial charge in [0, 0.05) is 44.3 Å². The van der Waals surface area contributed by atoms with Gasteiger partial charge in [0.15, 0.2) is 11.6 Å². The highest BCUT2D eigenvalue weighted by atomic mass is 16.3. The lowest BCUT2D eigenvalue weighted by atomic mass is 9.91. The number of benzene rings is 8. The number of aromatic nitrogens is 4. The Morgan fingerprint density at radius 3 is 2.07 bits per heavy atom. The van der Waals surface area contributed by atoms with E-state index >= 15 is 0 Å². The molecule has 12 rings (SSSR count). The molecule has 1 aliphatic carbocycles. The van der Waals surface area contributed by atoms with Crippen molar-refractivity contribution in [2.75, 3.05) is 0 Å². The Bertz CT molecular complexity index is 3460. The monoisotopic (exact) mass is 716 g/mol. The number of hydrogen-bond donors (Lipinski definition) is 0. The number of fused-ring (bicyclic) bond motifs is 13. The van der Waals surface area contributed by atoms with Crippen LogP contribution in [0.25, 0.3) is 105 Å². The molecule has 262 valence electrons. The Kier molecular flexibility index (Phi) is 6.69. The molecule has 0 bridgehead atoms. The van der Waals surface area contributed by atoms with Crippen molar-refractivity contribution in [3.05, 3.63) is 182 Å². The van der Waals surface area contributed by atoms with Crippen LogP contribution in [0.1, 0.15) is 18.2 Å². The predicted octanol–water partition coefficient (Wildman–Crippen LogP) is 13.3. The van der Waals surface area contributed by atoms with Gasteiger partial charge in [0.25, 0.3) is 0 Å². The first kappa shape index (κ1) is 31.0. The van der Waals surface area contributed by atoms with E-state index in [1.807, 2.05) is 24.3 Å². The third-order valence-corrected chi connectivity index (χ3v) is 11.5. The maximum Gasteiger partial charge on any atom is 0.164 e. The number of furan rings is 1. The molecule has 3 heterocycles. The van der Waals surface area contributed by atoms with E-state index in [-0.39, 0.29) is 5.92 Å². The summed E-state index contributed by atoms with van der Waals surface area (Å²) in [5.41, 5.74) is 7.08. The topological polar surface area (TPSA) is 56.7 Å². The summed E-state index contributed by atoms with van der Waals surface area (Å²) in [6.07, 6.45) is 9.40. The molecule has 11 aromatic rings. The Balaban J connectivity index is 1.17. The molecule has 1 aliphatic rings. The van der Waals surface area contributed by atoms with Crippen LogP contribution in [-0.4, -0.2) is 19.5 Å². The quantitative estimate of drug-likeness (QED) is 0.170. The lowest BCUT2D eigenvalue weighted by Gasteiger charge is -2.17. The third kappa shape index (κ3) is 4.58. The van der Waals surface area contributed by atoms with E-state index in [1.54, 1.807) is 0 Å². The smallest absolute Gasteiger partial charge is 0.164 e. The molecule has 0 N–H and O–H groups in total. The zero-order valence-electron chi connectivity index (χ0n) is 30.2. The molecular formula is C51H32N4O. The summed E-state index contributed by atoms with van der Waals surface area (Å²) in [4.78, 5) is 15.6. The summed E-state index contributed by atoms with van der Waals surface area (Å²) >= 11 is 0. The highest BCUT2D eigenvalue weighted by Gasteiger charge is 2.22. The lowest BCUT2D eigenvalue weighted by Crippen LogP contribution is -2.08. The molecule has 8 aromatic carbocycles. The molecule has 0 saturated carbocycles. The Labute approximate surface area is 321 Å². The normalized spacial score (nSPS) is 14.4. The largest absolute Gasteiger partial charge is 0.455 e. The number of rotatable bonds is 4. The maximum atomic E-state index is 6.62. The van der Waals surface area contributed by atoms with Gasteiger partial charge in [-0.05, 0) is 69.8 Å². The summed E-state index contributed by atoms with van der Waals surface area (Å²) < 4.78 is 9.01. The number of nitrogens with zero attached hydrogens (tertiary/aromatic N) is 4. The summed E-state index contributed by atoms with van der Waals surface area (Å²) in [5, 5.41) is 11.6. The molecular weight excluding hydrogens is 685 g/mol. The lowest BCUT2D eigenvalue weighted by molar-refractivity contribution is 0.673. The summed E-state index contributed by atoms with van der Waals surface area (Å²) in [5.74, 6) is 2.20. The Morgan fingerprint density at radius 1 is 0.500 bits per heavy atom. The Hall–Kier alpha value is -7.37. The van der Waals surface area contributed by atoms with Crippen LogP contribution in [0.4, 0.5) is 0 Å². The van der Waals surface area contributed by atoms with Crippen LogP contribution < -0.4 is 0 Å². The second-order valence-corrected chi connectivity index (χ2v) is 14.7. The van der Waals surface area contributed by atoms with Crippen molar-refractivity contribution in [1.82, 2.24) is 19.5 Å². The highest BCUT2D eigenvalue weighted by Crippen LogP contribution is 2.44. The fourth-order valence-electron chi connectivity index (χ4n) is 9.00. The van der Waals surface area contributed by atoms with Gasteiger partial charge < -0.3 is 8.98 Å². The van der Waals surface area contributed by atoms with Crippen LogP contribution >= 0.6 is 0 Å². The molecule has 0 fully saturated rings. The van der Waals surface area contributed by atoms with Gasteiger partial charge in [-0.2, -0.15) is 0 Å². The minimum Gasteiger partial charge on any atom is -0.455 e. The molecule has 56 heavy (non-hydrogen) atoms. The van der Waals surface area contributed by atoms with Gasteiger partial charge in [-0.3, -0.25) is 0 Å². The zero-order chi connectivity index (χ0) is 36.7. The van der Waals surface area contributed by atoms with Crippen LogP contribution in [0, 0.1) is 0 Å². The first-order valence-electron chi connectivity index (χ1n) is 19.1. The van der Waals surface area contributed by atoms with E-state index in [2.05, 4.69) is 156 Å². The molecule has 0 radical (unpaired) electrons. The number of para-hydroxylation sites is 2. The van der Waals surface area contributed by atoms with Crippen molar-refractivity contribution in [3.8, 4) is 28.5 Å². The van der Waals surface area contributed by atoms with E-state index in [9.17, 15) is 0 Å². The fourth-order valence-corrected chi connectivity index (χ4v) is 9.00. The van der Waals surface area contributed by atoms with Gasteiger partial charge in [-0.15, -0.1) is 0 Å². The van der Waals surface area contributed by atoms with Crippen molar-refractivity contribution >= 4 is 76.1 Å². The van der Waals surface area contributed by atoms with Gasteiger partial charge in [-0.25, -0.2) is 15.0 Å². The Morgan fingerprint density at radius 2 is 1.21 bits per heavy atom. The van der Waals surface area contributed by atoms with E-state index in [1.165, 1.54) is 16.2 Å². The number of allylic oxidation sites excluding steroid dienone is 4. The molecule has 0 saturated heterocycles. The zero-order valence-corrected chi connectivity index (χ0v) is 30.2. The minimum atomic E-state index is 0.0666. The maximum absolute atomic E-state index is 6.62. The summed E-state index contributed by atoms with van der Waals surface area (Å²) in [6, 6.07) is 53.9. The average molecular weight is 717 g/mol. The standard InChI is InChI=1S/C51H32N4O/c1-3-14-31(15-4-1)49-52-50(32-16-5-2-6-17-32)54-51(53-49)41-23-13-22-38-35-19-8-7-18-34(35)36-27-26-33(30-42(36)46(38)41)55-43-24-11-9-21-40(43)47-44(55)29-28-39-37-20-10-12-25-45(37)56-48(39)47/h1-16,18-30,32H,17H2. The second-order valence-electron chi connectivity index (χ2n) is 14.7. The fraction of sp³-hybridized carbons (Fsp3) is 0.0392. The molecule has 1 atom stereocenters. The molecule has 5 heteroatoms. The van der Waals surface area contributed by atoms with Crippen LogP contribution in [0.2, 0.25) is 0 Å². The van der Waals surface area contributed by atoms with Gasteiger partial charge in [0.05, 0.1) is 16.4 Å². The van der Waals surface area contributed by atoms with E-state index < -0.39 is 0 Å². The molecule has 0 aliphatic heterocycles. The molecule has 3 aromatic heterocycles. The van der Waals surface area contributed by atoms with Crippen molar-refractivity contribution in [1.29, 1.82) is 0 Å². The second kappa shape index (κ2) is 12.1. The molecule has 0 spiro atoms. The van der Waals surface area contributed by atoms with Gasteiger partial charge in [0.2, 0.25) is 0 Å². The summed E-state index contributed by atoms with van der Waals surface area (Å²) in [6.45, 7) is 0. The van der Waals surface area contributed by atoms with Crippen LogP contribution in [0.5, 0.6) is 0 Å². The highest BCUT2D eigenvalue weighted by molar-refractivity contribution is 6.29. The van der Waals surface area contributed by atoms with E-state index in [0.29, 0.717) is 11.6 Å². The van der Waals surface area contributed by atoms with Crippen molar-refractivity contribution in [2.24, 2.45) is 0 Å². The van der Waals surface area contributed by atoms with E-state index in [0.717, 1.165) is 89.0 Å². The van der Waals surface area contributed by atoms with Gasteiger partial charge in [0.1, 0.15) is 17.0 Å². The minimum absolute atomic E-state index is 0.0666. The molecule has 0 amide bonds. The molecule has 1 unspecified atom stereocenters. The van der Waals surface area contributed by atoms with E-state index in [4.69, 9.17) is 19.4 Å². The SMILES string of the molecule is C1=CCC(c2nc(-c3ccccc3)nc(-c3cccc4c5ccccc5c5ccc(-n6c7ccccc7c7c8oc9ccccc9c8ccc76)cc5c34)n2)C=C1.